The summed E-state index contributed by atoms with van der Waals surface area (Å²) in [5, 5.41) is 2.56. The van der Waals surface area contributed by atoms with Gasteiger partial charge in [0.05, 0.1) is 44.7 Å². The summed E-state index contributed by atoms with van der Waals surface area (Å²) in [6.07, 6.45) is -0.551. The highest BCUT2D eigenvalue weighted by Crippen LogP contribution is 2.47. The van der Waals surface area contributed by atoms with Crippen LogP contribution in [0.15, 0.2) is 21.9 Å². The van der Waals surface area contributed by atoms with Crippen molar-refractivity contribution >= 4 is 36.9 Å². The minimum Gasteiger partial charge on any atom is -0.465 e. The Morgan fingerprint density at radius 1 is 1.23 bits per heavy atom. The number of thioether (sulfide) groups is 1. The second kappa shape index (κ2) is 15.7. The Hall–Kier alpha value is -2.17. The second-order valence-corrected chi connectivity index (χ2v) is 14.4. The number of esters is 1. The lowest BCUT2D eigenvalue weighted by molar-refractivity contribution is -0.143. The van der Waals surface area contributed by atoms with Crippen LogP contribution in [0.25, 0.3) is 0 Å². The number of ether oxygens (including phenoxy) is 3. The highest BCUT2D eigenvalue weighted by Gasteiger charge is 2.46. The molecule has 43 heavy (non-hydrogen) atoms. The SMILES string of the molecule is CC(=O)OC[C@H]1[C@@H](N)[C@H](n2ccc(=O)[nH]c2=O)O[C@@H]1COP(=O)(NC(C)(C=O)COC(C)C)OCCSC(=O)C(C)(C)C. The number of carbonyl (C=O) groups is 3. The molecule has 15 nitrogen and oxygen atoms in total. The molecule has 0 aliphatic carbocycles. The summed E-state index contributed by atoms with van der Waals surface area (Å²) >= 11 is 1.01. The summed E-state index contributed by atoms with van der Waals surface area (Å²) in [5.74, 6) is -1.16. The van der Waals surface area contributed by atoms with Gasteiger partial charge in [0, 0.05) is 36.3 Å². The minimum atomic E-state index is -4.29. The molecule has 1 aromatic heterocycles. The number of nitrogens with zero attached hydrogens (tertiary/aromatic N) is 1. The molecular weight excluding hydrogens is 607 g/mol. The Balaban J connectivity index is 2.29. The fraction of sp³-hybridized carbons (Fsp3) is 0.731. The molecule has 0 aromatic carbocycles. The van der Waals surface area contributed by atoms with E-state index in [1.165, 1.54) is 20.0 Å². The number of rotatable bonds is 16. The van der Waals surface area contributed by atoms with E-state index >= 15 is 0 Å². The van der Waals surface area contributed by atoms with Gasteiger partial charge in [-0.05, 0) is 20.8 Å². The molecule has 244 valence electrons. The standard InChI is InChI=1S/C26H43N4O11PS/c1-16(2)38-15-26(7,14-31)29-42(36,39-10-11-43-23(34)25(4,5)6)40-13-19-18(12-37-17(3)32)21(27)22(41-19)30-9-8-20(33)28-24(30)35/h8-9,14,16,18-19,21-22H,10-13,15,27H2,1-7H3,(H,29,36)(H,28,33,35)/t18-,19-,21-,22-,26?,42?/m1/s1. The van der Waals surface area contributed by atoms with E-state index in [1.807, 2.05) is 0 Å². The van der Waals surface area contributed by atoms with Crippen molar-refractivity contribution in [2.24, 2.45) is 17.1 Å². The molecule has 0 spiro atoms. The molecule has 0 saturated carbocycles. The smallest absolute Gasteiger partial charge is 0.406 e. The minimum absolute atomic E-state index is 0.0897. The summed E-state index contributed by atoms with van der Waals surface area (Å²) in [5.41, 5.74) is 2.93. The highest BCUT2D eigenvalue weighted by molar-refractivity contribution is 8.13. The van der Waals surface area contributed by atoms with Gasteiger partial charge in [0.15, 0.2) is 11.3 Å². The first-order valence-electron chi connectivity index (χ1n) is 13.7. The number of nitrogens with two attached hydrogens (primary N) is 1. The zero-order valence-electron chi connectivity index (χ0n) is 25.5. The van der Waals surface area contributed by atoms with Crippen molar-refractivity contribution in [1.82, 2.24) is 14.6 Å². The highest BCUT2D eigenvalue weighted by atomic mass is 32.2. The number of carbonyl (C=O) groups excluding carboxylic acids is 3. The normalized spacial score (nSPS) is 23.5. The average molecular weight is 651 g/mol. The molecule has 17 heteroatoms. The average Bonchev–Trinajstić information content (AvgIpc) is 3.21. The predicted molar refractivity (Wildman–Crippen MR) is 158 cm³/mol. The number of H-pyrrole nitrogens is 1. The van der Waals surface area contributed by atoms with Crippen molar-refractivity contribution in [2.75, 3.05) is 32.2 Å². The molecular formula is C26H43N4O11PS. The van der Waals surface area contributed by atoms with E-state index < -0.39 is 66.8 Å². The lowest BCUT2D eigenvalue weighted by Gasteiger charge is -2.31. The number of hydrogen-bond acceptors (Lipinski definition) is 13. The molecule has 0 bridgehead atoms. The van der Waals surface area contributed by atoms with E-state index in [0.29, 0.717) is 6.29 Å². The molecule has 1 fully saturated rings. The van der Waals surface area contributed by atoms with E-state index in [-0.39, 0.29) is 36.8 Å². The van der Waals surface area contributed by atoms with Crippen molar-refractivity contribution in [3.8, 4) is 0 Å². The predicted octanol–water partition coefficient (Wildman–Crippen LogP) is 1.36. The fourth-order valence-electron chi connectivity index (χ4n) is 3.83. The van der Waals surface area contributed by atoms with E-state index in [4.69, 9.17) is 29.0 Å². The van der Waals surface area contributed by atoms with Crippen LogP contribution in [-0.4, -0.2) is 82.9 Å². The van der Waals surface area contributed by atoms with Gasteiger partial charge in [-0.1, -0.05) is 32.5 Å². The van der Waals surface area contributed by atoms with Crippen LogP contribution in [0.4, 0.5) is 0 Å². The van der Waals surface area contributed by atoms with Gasteiger partial charge in [0.25, 0.3) is 5.56 Å². The van der Waals surface area contributed by atoms with Gasteiger partial charge in [-0.25, -0.2) is 14.4 Å². The summed E-state index contributed by atoms with van der Waals surface area (Å²) in [4.78, 5) is 62.0. The van der Waals surface area contributed by atoms with Crippen LogP contribution in [-0.2, 0) is 42.2 Å². The third-order valence-corrected chi connectivity index (χ3v) is 9.23. The third kappa shape index (κ3) is 11.4. The molecule has 2 rings (SSSR count). The molecule has 2 unspecified atom stereocenters. The van der Waals surface area contributed by atoms with E-state index in [2.05, 4.69) is 10.1 Å². The summed E-state index contributed by atoms with van der Waals surface area (Å²) < 4.78 is 43.2. The molecule has 1 saturated heterocycles. The van der Waals surface area contributed by atoms with Crippen molar-refractivity contribution in [3.05, 3.63) is 33.1 Å². The van der Waals surface area contributed by atoms with Crippen LogP contribution in [0.2, 0.25) is 0 Å². The summed E-state index contributed by atoms with van der Waals surface area (Å²) in [7, 11) is -4.29. The zero-order valence-corrected chi connectivity index (χ0v) is 27.2. The Morgan fingerprint density at radius 3 is 2.47 bits per heavy atom. The van der Waals surface area contributed by atoms with Crippen molar-refractivity contribution in [3.63, 3.8) is 0 Å². The van der Waals surface area contributed by atoms with Gasteiger partial charge in [-0.15, -0.1) is 0 Å². The Labute approximate surface area is 254 Å². The van der Waals surface area contributed by atoms with Crippen molar-refractivity contribution in [1.29, 1.82) is 0 Å². The van der Waals surface area contributed by atoms with Gasteiger partial charge in [-0.2, -0.15) is 0 Å². The molecule has 6 atom stereocenters. The molecule has 1 aliphatic heterocycles. The molecule has 1 aromatic rings. The van der Waals surface area contributed by atoms with Crippen LogP contribution in [0, 0.1) is 11.3 Å². The maximum absolute atomic E-state index is 14.0. The Morgan fingerprint density at radius 2 is 1.91 bits per heavy atom. The second-order valence-electron chi connectivity index (χ2n) is 11.6. The van der Waals surface area contributed by atoms with Gasteiger partial charge in [0.2, 0.25) is 0 Å². The van der Waals surface area contributed by atoms with Crippen LogP contribution in [0.5, 0.6) is 0 Å². The largest absolute Gasteiger partial charge is 0.465 e. The maximum atomic E-state index is 14.0. The van der Waals surface area contributed by atoms with Crippen molar-refractivity contribution in [2.45, 2.75) is 78.5 Å². The first-order chi connectivity index (χ1) is 19.9. The molecule has 2 heterocycles. The van der Waals surface area contributed by atoms with Gasteiger partial charge in [0.1, 0.15) is 11.8 Å². The van der Waals surface area contributed by atoms with Crippen LogP contribution < -0.4 is 22.1 Å². The Kier molecular flexibility index (Phi) is 13.5. The lowest BCUT2D eigenvalue weighted by Crippen LogP contribution is -2.47. The zero-order chi connectivity index (χ0) is 32.6. The molecule has 4 N–H and O–H groups in total. The third-order valence-electron chi connectivity index (χ3n) is 6.19. The lowest BCUT2D eigenvalue weighted by atomic mass is 9.97. The monoisotopic (exact) mass is 650 g/mol. The van der Waals surface area contributed by atoms with Gasteiger partial charge in [-0.3, -0.25) is 33.0 Å². The fourth-order valence-corrected chi connectivity index (χ4v) is 6.36. The van der Waals surface area contributed by atoms with Gasteiger partial charge < -0.3 is 24.7 Å². The number of aldehydes is 1. The van der Waals surface area contributed by atoms with E-state index in [1.54, 1.807) is 34.6 Å². The maximum Gasteiger partial charge on any atom is 0.406 e. The Bertz CT molecular complexity index is 1280. The number of hydrogen-bond donors (Lipinski definition) is 3. The quantitative estimate of drug-likeness (QED) is 0.1000. The summed E-state index contributed by atoms with van der Waals surface area (Å²) in [6, 6.07) is 0.209. The van der Waals surface area contributed by atoms with Gasteiger partial charge >= 0.3 is 19.4 Å². The first-order valence-corrected chi connectivity index (χ1v) is 16.2. The molecule has 0 radical (unpaired) electrons. The number of nitrogens with one attached hydrogen (secondary N) is 2. The number of aromatic nitrogens is 2. The molecule has 0 amide bonds. The van der Waals surface area contributed by atoms with E-state index in [0.717, 1.165) is 22.4 Å². The van der Waals surface area contributed by atoms with E-state index in [9.17, 15) is 28.5 Å². The molecule has 1 aliphatic rings. The topological polar surface area (TPSA) is 207 Å². The number of aromatic amines is 1. The first kappa shape index (κ1) is 37.0. The van der Waals surface area contributed by atoms with Crippen LogP contribution in [0.3, 0.4) is 0 Å². The van der Waals surface area contributed by atoms with Crippen LogP contribution >= 0.6 is 19.5 Å². The summed E-state index contributed by atoms with van der Waals surface area (Å²) in [6.45, 7) is 10.6. The van der Waals surface area contributed by atoms with Crippen molar-refractivity contribution < 1.29 is 42.2 Å². The van der Waals surface area contributed by atoms with Crippen LogP contribution in [0.1, 0.15) is 54.7 Å².